The number of benzene rings is 1. The lowest BCUT2D eigenvalue weighted by Gasteiger charge is -2.60. The Labute approximate surface area is 166 Å². The molecule has 150 valence electrons. The lowest BCUT2D eigenvalue weighted by molar-refractivity contribution is -0.167. The zero-order valence-corrected chi connectivity index (χ0v) is 17.2. The van der Waals surface area contributed by atoms with Gasteiger partial charge in [-0.2, -0.15) is 0 Å². The van der Waals surface area contributed by atoms with E-state index in [9.17, 15) is 4.79 Å². The summed E-state index contributed by atoms with van der Waals surface area (Å²) in [5.74, 6) is 2.48. The van der Waals surface area contributed by atoms with Crippen LogP contribution in [0, 0.1) is 17.8 Å². The van der Waals surface area contributed by atoms with Crippen molar-refractivity contribution in [3.05, 3.63) is 29.5 Å². The maximum absolute atomic E-state index is 13.5. The van der Waals surface area contributed by atoms with E-state index in [1.54, 1.807) is 14.2 Å². The van der Waals surface area contributed by atoms with Gasteiger partial charge in [0.1, 0.15) is 11.2 Å². The van der Waals surface area contributed by atoms with Crippen molar-refractivity contribution in [3.63, 3.8) is 0 Å². The van der Waals surface area contributed by atoms with Gasteiger partial charge in [-0.25, -0.2) is 0 Å². The highest BCUT2D eigenvalue weighted by atomic mass is 16.5. The van der Waals surface area contributed by atoms with Gasteiger partial charge in [0.15, 0.2) is 0 Å². The predicted molar refractivity (Wildman–Crippen MR) is 109 cm³/mol. The molecule has 0 spiro atoms. The molecule has 2 saturated heterocycles. The monoisotopic (exact) mass is 382 g/mol. The Balaban J connectivity index is 1.79. The van der Waals surface area contributed by atoms with E-state index in [1.165, 1.54) is 10.9 Å². The van der Waals surface area contributed by atoms with Gasteiger partial charge in [0.25, 0.3) is 0 Å². The van der Waals surface area contributed by atoms with E-state index in [-0.39, 0.29) is 12.0 Å². The van der Waals surface area contributed by atoms with E-state index in [2.05, 4.69) is 35.9 Å². The first kappa shape index (κ1) is 18.0. The van der Waals surface area contributed by atoms with Crippen molar-refractivity contribution in [2.45, 2.75) is 44.6 Å². The van der Waals surface area contributed by atoms with Crippen molar-refractivity contribution in [1.82, 2.24) is 9.88 Å². The van der Waals surface area contributed by atoms with Crippen molar-refractivity contribution in [3.8, 4) is 5.75 Å². The summed E-state index contributed by atoms with van der Waals surface area (Å²) in [4.78, 5) is 19.8. The van der Waals surface area contributed by atoms with Gasteiger partial charge in [0.05, 0.1) is 14.2 Å². The highest BCUT2D eigenvalue weighted by Crippen LogP contribution is 2.57. The number of fused-ring (bicyclic) bond motifs is 4. The number of rotatable bonds is 3. The quantitative estimate of drug-likeness (QED) is 0.826. The highest BCUT2D eigenvalue weighted by molar-refractivity contribution is 5.92. The second-order valence-corrected chi connectivity index (χ2v) is 8.94. The average Bonchev–Trinajstić information content (AvgIpc) is 3.06. The van der Waals surface area contributed by atoms with Crippen molar-refractivity contribution in [2.75, 3.05) is 27.3 Å². The number of ether oxygens (including phenoxy) is 2. The molecule has 6 rings (SSSR count). The number of nitrogens with one attached hydrogen (secondary N) is 1. The highest BCUT2D eigenvalue weighted by Gasteiger charge is 2.64. The summed E-state index contributed by atoms with van der Waals surface area (Å²) in [5, 5.41) is 1.18. The second-order valence-electron chi connectivity index (χ2n) is 8.94. The normalized spacial score (nSPS) is 36.1. The molecule has 2 aromatic rings. The number of carbonyl (C=O) groups excluding carboxylic acids is 1. The van der Waals surface area contributed by atoms with Crippen LogP contribution in [0.25, 0.3) is 10.9 Å². The molecule has 0 amide bonds. The average molecular weight is 383 g/mol. The molecule has 3 aliphatic heterocycles. The van der Waals surface area contributed by atoms with E-state index >= 15 is 0 Å². The van der Waals surface area contributed by atoms with Crippen molar-refractivity contribution >= 4 is 16.9 Å². The van der Waals surface area contributed by atoms with Crippen LogP contribution in [-0.2, 0) is 21.4 Å². The third-order valence-electron chi connectivity index (χ3n) is 8.01. The third kappa shape index (κ3) is 2.14. The van der Waals surface area contributed by atoms with Gasteiger partial charge in [0.2, 0.25) is 0 Å². The molecule has 0 radical (unpaired) electrons. The molecular weight excluding hydrogens is 352 g/mol. The van der Waals surface area contributed by atoms with Gasteiger partial charge in [-0.05, 0) is 54.4 Å². The topological polar surface area (TPSA) is 54.6 Å². The van der Waals surface area contributed by atoms with E-state index in [0.717, 1.165) is 49.3 Å². The zero-order valence-electron chi connectivity index (χ0n) is 17.2. The van der Waals surface area contributed by atoms with Gasteiger partial charge in [-0.3, -0.25) is 9.69 Å². The number of carbonyl (C=O) groups is 1. The summed E-state index contributed by atoms with van der Waals surface area (Å²) in [6.07, 6.45) is 2.94. The predicted octanol–water partition coefficient (Wildman–Crippen LogP) is 3.51. The SMILES string of the molecule is CC[C@@H]1C2N3CCc4c([nH]c5ccc(OC)cc45)[C@]2(C(=O)OC)C[C@@H](C3)[C@@H]1C. The minimum Gasteiger partial charge on any atom is -0.497 e. The van der Waals surface area contributed by atoms with Crippen molar-refractivity contribution in [1.29, 1.82) is 0 Å². The van der Waals surface area contributed by atoms with Crippen LogP contribution in [0.4, 0.5) is 0 Å². The van der Waals surface area contributed by atoms with Gasteiger partial charge in [-0.15, -0.1) is 0 Å². The Morgan fingerprint density at radius 1 is 1.36 bits per heavy atom. The molecule has 4 heterocycles. The van der Waals surface area contributed by atoms with Gasteiger partial charge < -0.3 is 14.5 Å². The second kappa shape index (κ2) is 6.24. The number of esters is 1. The lowest BCUT2D eigenvalue weighted by atomic mass is 9.53. The van der Waals surface area contributed by atoms with Crippen molar-refractivity contribution in [2.24, 2.45) is 17.8 Å². The molecule has 1 aromatic carbocycles. The molecule has 6 atom stereocenters. The summed E-state index contributed by atoms with van der Waals surface area (Å²) < 4.78 is 11.0. The lowest BCUT2D eigenvalue weighted by Crippen LogP contribution is -2.69. The summed E-state index contributed by atoms with van der Waals surface area (Å²) in [5.41, 5.74) is 2.87. The van der Waals surface area contributed by atoms with Crippen molar-refractivity contribution < 1.29 is 14.3 Å². The molecule has 1 aromatic heterocycles. The number of aromatic nitrogens is 1. The first-order chi connectivity index (χ1) is 13.5. The first-order valence-corrected chi connectivity index (χ1v) is 10.6. The molecule has 4 bridgehead atoms. The molecule has 28 heavy (non-hydrogen) atoms. The van der Waals surface area contributed by atoms with Crippen LogP contribution < -0.4 is 4.74 Å². The Bertz CT molecular complexity index is 935. The molecule has 5 heteroatoms. The van der Waals surface area contributed by atoms with Crippen LogP contribution in [0.15, 0.2) is 18.2 Å². The fourth-order valence-corrected chi connectivity index (χ4v) is 6.76. The smallest absolute Gasteiger partial charge is 0.319 e. The molecule has 1 N–H and O–H groups in total. The van der Waals surface area contributed by atoms with Crippen LogP contribution in [-0.4, -0.2) is 49.2 Å². The summed E-state index contributed by atoms with van der Waals surface area (Å²) in [6.45, 7) is 6.77. The number of piperidine rings is 2. The molecule has 2 unspecified atom stereocenters. The van der Waals surface area contributed by atoms with Gasteiger partial charge >= 0.3 is 5.97 Å². The Morgan fingerprint density at radius 3 is 2.89 bits per heavy atom. The third-order valence-corrected chi connectivity index (χ3v) is 8.01. The van der Waals surface area contributed by atoms with E-state index in [4.69, 9.17) is 9.47 Å². The summed E-state index contributed by atoms with van der Waals surface area (Å²) in [6, 6.07) is 6.38. The maximum Gasteiger partial charge on any atom is 0.319 e. The van der Waals surface area contributed by atoms with Crippen LogP contribution in [0.5, 0.6) is 5.75 Å². The largest absolute Gasteiger partial charge is 0.497 e. The van der Waals surface area contributed by atoms with Gasteiger partial charge in [0, 0.05) is 35.7 Å². The molecule has 1 saturated carbocycles. The zero-order chi connectivity index (χ0) is 19.6. The summed E-state index contributed by atoms with van der Waals surface area (Å²) >= 11 is 0. The van der Waals surface area contributed by atoms with E-state index < -0.39 is 5.41 Å². The number of aromatic amines is 1. The van der Waals surface area contributed by atoms with Gasteiger partial charge in [-0.1, -0.05) is 20.3 Å². The molecule has 1 aliphatic carbocycles. The standard InChI is InChI=1S/C23H30N2O3/c1-5-16-13(2)14-11-23(22(26)28-4)20-17(8-9-25(12-14)21(16)23)18-10-15(27-3)6-7-19(18)24-20/h6-7,10,13-14,16,21,24H,5,8-9,11-12H2,1-4H3/t13-,14-,16-,21?,23+/m0/s1. The number of nitrogens with zero attached hydrogens (tertiary/aromatic N) is 1. The maximum atomic E-state index is 13.5. The first-order valence-electron chi connectivity index (χ1n) is 10.6. The molecule has 5 nitrogen and oxygen atoms in total. The summed E-state index contributed by atoms with van der Waals surface area (Å²) in [7, 11) is 3.25. The van der Waals surface area contributed by atoms with E-state index in [1.807, 2.05) is 6.07 Å². The van der Waals surface area contributed by atoms with Crippen LogP contribution in [0.2, 0.25) is 0 Å². The number of hydrogen-bond acceptors (Lipinski definition) is 4. The Kier molecular flexibility index (Phi) is 4.02. The Hall–Kier alpha value is -2.01. The van der Waals surface area contributed by atoms with Crippen LogP contribution in [0.1, 0.15) is 37.9 Å². The van der Waals surface area contributed by atoms with Crippen LogP contribution in [0.3, 0.4) is 0 Å². The molecule has 3 fully saturated rings. The fourth-order valence-electron chi connectivity index (χ4n) is 6.76. The molecule has 4 aliphatic rings. The van der Waals surface area contributed by atoms with E-state index in [0.29, 0.717) is 17.8 Å². The van der Waals surface area contributed by atoms with Crippen LogP contribution >= 0.6 is 0 Å². The number of H-pyrrole nitrogens is 1. The number of methoxy groups -OCH3 is 2. The molecular formula is C23H30N2O3. The fraction of sp³-hybridized carbons (Fsp3) is 0.609. The minimum absolute atomic E-state index is 0.0702. The Morgan fingerprint density at radius 2 is 2.18 bits per heavy atom. The minimum atomic E-state index is -0.594. The number of hydrogen-bond donors (Lipinski definition) is 1.